The monoisotopic (exact) mass is 402 g/mol. The van der Waals surface area contributed by atoms with E-state index in [0.29, 0.717) is 11.3 Å². The molecule has 1 aliphatic heterocycles. The van der Waals surface area contributed by atoms with Gasteiger partial charge in [-0.2, -0.15) is 0 Å². The van der Waals surface area contributed by atoms with E-state index in [-0.39, 0.29) is 24.2 Å². The van der Waals surface area contributed by atoms with Crippen LogP contribution < -0.4 is 5.32 Å². The summed E-state index contributed by atoms with van der Waals surface area (Å²) in [5, 5.41) is 2.91. The lowest BCUT2D eigenvalue weighted by molar-refractivity contribution is -0.117. The summed E-state index contributed by atoms with van der Waals surface area (Å²) >= 11 is 0. The number of amides is 2. The summed E-state index contributed by atoms with van der Waals surface area (Å²) in [6, 6.07) is 17.0. The molecule has 0 aromatic heterocycles. The fourth-order valence-corrected chi connectivity index (χ4v) is 4.08. The van der Waals surface area contributed by atoms with Crippen LogP contribution >= 0.6 is 0 Å². The number of anilines is 1. The topological polar surface area (TPSA) is 49.4 Å². The highest BCUT2D eigenvalue weighted by Gasteiger charge is 2.34. The number of carbonyl (C=O) groups excluding carboxylic acids is 2. The van der Waals surface area contributed by atoms with Crippen LogP contribution in [0.25, 0.3) is 0 Å². The number of nitrogens with one attached hydrogen (secondary N) is 1. The van der Waals surface area contributed by atoms with Crippen LogP contribution in [0.1, 0.15) is 44.2 Å². The van der Waals surface area contributed by atoms with Crippen molar-refractivity contribution in [3.8, 4) is 0 Å². The summed E-state index contributed by atoms with van der Waals surface area (Å²) in [6.07, 6.45) is 0. The number of nitrogens with zero attached hydrogens (tertiary/aromatic N) is 1. The zero-order chi connectivity index (χ0) is 21.4. The van der Waals surface area contributed by atoms with E-state index in [0.717, 1.165) is 27.8 Å². The molecule has 152 valence electrons. The first-order valence-corrected chi connectivity index (χ1v) is 9.87. The quantitative estimate of drug-likeness (QED) is 0.660. The first kappa shape index (κ1) is 19.8. The van der Waals surface area contributed by atoms with E-state index in [9.17, 15) is 14.0 Å². The number of aryl methyl sites for hydroxylation is 3. The van der Waals surface area contributed by atoms with Crippen LogP contribution in [-0.2, 0) is 4.79 Å². The molecule has 5 heteroatoms. The van der Waals surface area contributed by atoms with Gasteiger partial charge in [-0.25, -0.2) is 4.39 Å². The summed E-state index contributed by atoms with van der Waals surface area (Å²) in [5.74, 6) is -0.846. The van der Waals surface area contributed by atoms with Gasteiger partial charge in [-0.15, -0.1) is 0 Å². The Bertz CT molecular complexity index is 1120. The molecule has 0 fully saturated rings. The lowest BCUT2D eigenvalue weighted by atomic mass is 9.93. The molecule has 3 aromatic carbocycles. The average molecular weight is 402 g/mol. The molecule has 0 saturated carbocycles. The fourth-order valence-electron chi connectivity index (χ4n) is 4.08. The molecule has 4 nitrogen and oxygen atoms in total. The maximum atomic E-state index is 13.6. The lowest BCUT2D eigenvalue weighted by Crippen LogP contribution is -2.39. The van der Waals surface area contributed by atoms with Crippen LogP contribution in [0.4, 0.5) is 10.1 Å². The van der Waals surface area contributed by atoms with Gasteiger partial charge in [-0.1, -0.05) is 47.0 Å². The standard InChI is InChI=1S/C25H23FN2O2/c1-15-4-9-22-21(13-15)24(18-5-7-20(26)8-6-18)28(14-23(29)27-22)25(30)19-11-16(2)10-17(3)12-19/h4-13,24H,14H2,1-3H3,(H,27,29)/t24-/m1/s1. The Balaban J connectivity index is 1.90. The highest BCUT2D eigenvalue weighted by molar-refractivity contribution is 6.01. The van der Waals surface area contributed by atoms with Crippen molar-refractivity contribution < 1.29 is 14.0 Å². The molecule has 30 heavy (non-hydrogen) atoms. The van der Waals surface area contributed by atoms with Crippen molar-refractivity contribution in [3.05, 3.63) is 99.9 Å². The number of carbonyl (C=O) groups is 2. The molecule has 0 saturated heterocycles. The highest BCUT2D eigenvalue weighted by Crippen LogP contribution is 2.37. The van der Waals surface area contributed by atoms with Crippen LogP contribution in [0, 0.1) is 26.6 Å². The van der Waals surface area contributed by atoms with Crippen molar-refractivity contribution in [2.75, 3.05) is 11.9 Å². The Kier molecular flexibility index (Phi) is 5.12. The van der Waals surface area contributed by atoms with E-state index in [2.05, 4.69) is 5.32 Å². The summed E-state index contributed by atoms with van der Waals surface area (Å²) in [7, 11) is 0. The minimum absolute atomic E-state index is 0.0956. The average Bonchev–Trinajstić information content (AvgIpc) is 2.83. The number of rotatable bonds is 2. The molecule has 0 aliphatic carbocycles. The SMILES string of the molecule is Cc1cc(C)cc(C(=O)N2CC(=O)Nc3ccc(C)cc3[C@H]2c2ccc(F)cc2)c1. The van der Waals surface area contributed by atoms with Crippen LogP contribution in [-0.4, -0.2) is 23.3 Å². The normalized spacial score (nSPS) is 15.9. The Morgan fingerprint density at radius 1 is 0.933 bits per heavy atom. The van der Waals surface area contributed by atoms with Crippen molar-refractivity contribution in [2.45, 2.75) is 26.8 Å². The van der Waals surface area contributed by atoms with Crippen LogP contribution in [0.3, 0.4) is 0 Å². The minimum Gasteiger partial charge on any atom is -0.324 e. The molecule has 2 amide bonds. The molecule has 3 aromatic rings. The largest absolute Gasteiger partial charge is 0.324 e. The zero-order valence-electron chi connectivity index (χ0n) is 17.2. The van der Waals surface area contributed by atoms with Gasteiger partial charge in [0.05, 0.1) is 6.04 Å². The Hall–Kier alpha value is -3.47. The molecule has 0 unspecified atom stereocenters. The minimum atomic E-state index is -0.521. The van der Waals surface area contributed by atoms with Crippen molar-refractivity contribution in [1.82, 2.24) is 4.90 Å². The fraction of sp³-hybridized carbons (Fsp3) is 0.200. The summed E-state index contributed by atoms with van der Waals surface area (Å²) in [5.41, 5.74) is 5.72. The Morgan fingerprint density at radius 2 is 1.60 bits per heavy atom. The van der Waals surface area contributed by atoms with Crippen molar-refractivity contribution >= 4 is 17.5 Å². The van der Waals surface area contributed by atoms with E-state index in [1.165, 1.54) is 12.1 Å². The van der Waals surface area contributed by atoms with Crippen LogP contribution in [0.15, 0.2) is 60.7 Å². The molecule has 0 radical (unpaired) electrons. The number of hydrogen-bond donors (Lipinski definition) is 1. The molecule has 1 aliphatic rings. The number of benzene rings is 3. The molecule has 4 rings (SSSR count). The van der Waals surface area contributed by atoms with Gasteiger partial charge in [0.15, 0.2) is 0 Å². The third-order valence-electron chi connectivity index (χ3n) is 5.32. The molecular formula is C25H23FN2O2. The Labute approximate surface area is 175 Å². The molecule has 0 spiro atoms. The van der Waals surface area contributed by atoms with Crippen LogP contribution in [0.2, 0.25) is 0 Å². The van der Waals surface area contributed by atoms with E-state index in [4.69, 9.17) is 0 Å². The van der Waals surface area contributed by atoms with Gasteiger partial charge in [0.25, 0.3) is 5.91 Å². The second kappa shape index (κ2) is 7.75. The number of fused-ring (bicyclic) bond motifs is 1. The maximum Gasteiger partial charge on any atom is 0.255 e. The zero-order valence-corrected chi connectivity index (χ0v) is 17.2. The predicted octanol–water partition coefficient (Wildman–Crippen LogP) is 4.93. The van der Waals surface area contributed by atoms with Gasteiger partial charge in [-0.05, 0) is 56.7 Å². The molecular weight excluding hydrogens is 379 g/mol. The van der Waals surface area contributed by atoms with E-state index in [1.54, 1.807) is 17.0 Å². The van der Waals surface area contributed by atoms with Gasteiger partial charge in [0.1, 0.15) is 12.4 Å². The van der Waals surface area contributed by atoms with Gasteiger partial charge in [-0.3, -0.25) is 9.59 Å². The summed E-state index contributed by atoms with van der Waals surface area (Å²) in [6.45, 7) is 5.75. The van der Waals surface area contributed by atoms with Crippen molar-refractivity contribution in [2.24, 2.45) is 0 Å². The molecule has 0 bridgehead atoms. The third kappa shape index (κ3) is 3.83. The molecule has 1 N–H and O–H groups in total. The smallest absolute Gasteiger partial charge is 0.255 e. The van der Waals surface area contributed by atoms with Crippen molar-refractivity contribution in [3.63, 3.8) is 0 Å². The second-order valence-corrected chi connectivity index (χ2v) is 7.90. The first-order chi connectivity index (χ1) is 14.3. The highest BCUT2D eigenvalue weighted by atomic mass is 19.1. The van der Waals surface area contributed by atoms with Crippen molar-refractivity contribution in [1.29, 1.82) is 0 Å². The van der Waals surface area contributed by atoms with Gasteiger partial charge < -0.3 is 10.2 Å². The second-order valence-electron chi connectivity index (χ2n) is 7.90. The number of halogens is 1. The van der Waals surface area contributed by atoms with Gasteiger partial charge >= 0.3 is 0 Å². The van der Waals surface area contributed by atoms with E-state index in [1.807, 2.05) is 57.2 Å². The maximum absolute atomic E-state index is 13.6. The molecule has 1 atom stereocenters. The summed E-state index contributed by atoms with van der Waals surface area (Å²) < 4.78 is 13.6. The predicted molar refractivity (Wildman–Crippen MR) is 115 cm³/mol. The first-order valence-electron chi connectivity index (χ1n) is 9.87. The number of hydrogen-bond acceptors (Lipinski definition) is 2. The van der Waals surface area contributed by atoms with Crippen LogP contribution in [0.5, 0.6) is 0 Å². The van der Waals surface area contributed by atoms with Gasteiger partial charge in [0, 0.05) is 16.8 Å². The van der Waals surface area contributed by atoms with E-state index < -0.39 is 6.04 Å². The van der Waals surface area contributed by atoms with Gasteiger partial charge in [0.2, 0.25) is 5.91 Å². The Morgan fingerprint density at radius 3 is 2.27 bits per heavy atom. The third-order valence-corrected chi connectivity index (χ3v) is 5.32. The molecule has 1 heterocycles. The van der Waals surface area contributed by atoms with E-state index >= 15 is 0 Å². The lowest BCUT2D eigenvalue weighted by Gasteiger charge is -2.31. The summed E-state index contributed by atoms with van der Waals surface area (Å²) in [4.78, 5) is 27.9.